The topological polar surface area (TPSA) is 83.0 Å². The van der Waals surface area contributed by atoms with Crippen molar-refractivity contribution in [3.05, 3.63) is 71.8 Å². The van der Waals surface area contributed by atoms with E-state index in [1.54, 1.807) is 66.7 Å². The van der Waals surface area contributed by atoms with E-state index in [-0.39, 0.29) is 12.3 Å². The molecule has 6 heteroatoms. The summed E-state index contributed by atoms with van der Waals surface area (Å²) in [7, 11) is 0. The summed E-state index contributed by atoms with van der Waals surface area (Å²) in [5, 5.41) is 0. The number of hydrogen-bond acceptors (Lipinski definition) is 3. The van der Waals surface area contributed by atoms with Crippen LogP contribution in [0.5, 0.6) is 5.75 Å². The van der Waals surface area contributed by atoms with Crippen molar-refractivity contribution in [2.45, 2.75) is 6.92 Å². The molecule has 6 nitrogen and oxygen atoms in total. The van der Waals surface area contributed by atoms with Gasteiger partial charge in [0.1, 0.15) is 5.75 Å². The largest absolute Gasteiger partial charge is 0.463 e. The maximum atomic E-state index is 12.7. The maximum Gasteiger partial charge on any atom is 0.463 e. The standard InChI is InChI=1S/C21H17N3O3/c1-3-10-16-11-8-9-14-18(16)27-21(26)19(23-22)20(25)24(15-4-2)17-12-6-5-7-13-17/h2-3,5-14H,15H2,1H3/b10-3+. The van der Waals surface area contributed by atoms with Crippen LogP contribution in [0.25, 0.3) is 11.6 Å². The van der Waals surface area contributed by atoms with Gasteiger partial charge < -0.3 is 10.3 Å². The van der Waals surface area contributed by atoms with Gasteiger partial charge in [-0.1, -0.05) is 54.5 Å². The van der Waals surface area contributed by atoms with Gasteiger partial charge >= 0.3 is 17.6 Å². The van der Waals surface area contributed by atoms with Crippen molar-refractivity contribution in [1.82, 2.24) is 0 Å². The monoisotopic (exact) mass is 359 g/mol. The molecule has 0 saturated carbocycles. The second-order valence-corrected chi connectivity index (χ2v) is 5.31. The summed E-state index contributed by atoms with van der Waals surface area (Å²) < 4.78 is 5.26. The highest BCUT2D eigenvalue weighted by Crippen LogP contribution is 2.20. The molecular formula is C21H17N3O3. The molecule has 0 aliphatic heterocycles. The Hall–Kier alpha value is -3.94. The molecule has 0 aliphatic carbocycles. The van der Waals surface area contributed by atoms with E-state index in [2.05, 4.69) is 10.7 Å². The fourth-order valence-electron chi connectivity index (χ4n) is 2.32. The molecule has 0 unspecified atom stereocenters. The molecule has 0 spiro atoms. The van der Waals surface area contributed by atoms with Gasteiger partial charge in [0.25, 0.3) is 0 Å². The van der Waals surface area contributed by atoms with Gasteiger partial charge in [0.15, 0.2) is 0 Å². The number of amides is 1. The molecule has 2 aromatic carbocycles. The maximum absolute atomic E-state index is 12.7. The average molecular weight is 359 g/mol. The van der Waals surface area contributed by atoms with E-state index in [0.29, 0.717) is 11.3 Å². The number of ether oxygens (including phenoxy) is 1. The molecule has 2 rings (SSSR count). The predicted octanol–water partition coefficient (Wildman–Crippen LogP) is 2.96. The zero-order valence-corrected chi connectivity index (χ0v) is 14.7. The minimum atomic E-state index is -1.09. The molecular weight excluding hydrogens is 342 g/mol. The summed E-state index contributed by atoms with van der Waals surface area (Å²) in [5.74, 6) is 0.631. The Bertz CT molecular complexity index is 952. The normalized spacial score (nSPS) is 9.93. The summed E-state index contributed by atoms with van der Waals surface area (Å²) in [6.07, 6.45) is 8.85. The number of nitrogens with zero attached hydrogens (tertiary/aromatic N) is 3. The zero-order valence-electron chi connectivity index (χ0n) is 14.7. The third-order valence-corrected chi connectivity index (χ3v) is 3.53. The van der Waals surface area contributed by atoms with Crippen molar-refractivity contribution < 1.29 is 19.1 Å². The van der Waals surface area contributed by atoms with E-state index in [9.17, 15) is 15.1 Å². The van der Waals surface area contributed by atoms with Crippen LogP contribution in [0.15, 0.2) is 60.7 Å². The van der Waals surface area contributed by atoms with Gasteiger partial charge in [0.05, 0.1) is 6.54 Å². The lowest BCUT2D eigenvalue weighted by atomic mass is 10.2. The molecule has 0 aromatic heterocycles. The lowest BCUT2D eigenvalue weighted by molar-refractivity contribution is -0.134. The number of carbonyl (C=O) groups is 2. The number of para-hydroxylation sites is 2. The van der Waals surface area contributed by atoms with Crippen molar-refractivity contribution in [1.29, 1.82) is 0 Å². The highest BCUT2D eigenvalue weighted by molar-refractivity contribution is 6.64. The van der Waals surface area contributed by atoms with Crippen molar-refractivity contribution in [3.8, 4) is 18.1 Å². The second kappa shape index (κ2) is 9.52. The van der Waals surface area contributed by atoms with Crippen LogP contribution in [0.4, 0.5) is 5.69 Å². The molecule has 27 heavy (non-hydrogen) atoms. The molecule has 0 aliphatic rings. The van der Waals surface area contributed by atoms with E-state index in [1.165, 1.54) is 0 Å². The summed E-state index contributed by atoms with van der Waals surface area (Å²) >= 11 is 0. The van der Waals surface area contributed by atoms with Crippen LogP contribution in [0, 0.1) is 12.3 Å². The molecule has 0 saturated heterocycles. The number of esters is 1. The van der Waals surface area contributed by atoms with Gasteiger partial charge in [-0.2, -0.15) is 4.79 Å². The third kappa shape index (κ3) is 4.79. The van der Waals surface area contributed by atoms with E-state index in [0.717, 1.165) is 4.90 Å². The SMILES string of the molecule is C#CCN(C(=O)C(=[N+]=[N-])C(=O)Oc1ccccc1/C=C/C)c1ccccc1. The van der Waals surface area contributed by atoms with Gasteiger partial charge in [0.2, 0.25) is 0 Å². The summed E-state index contributed by atoms with van der Waals surface area (Å²) in [5.41, 5.74) is 9.58. The predicted molar refractivity (Wildman–Crippen MR) is 103 cm³/mol. The fraction of sp³-hybridized carbons (Fsp3) is 0.0952. The molecule has 0 heterocycles. The van der Waals surface area contributed by atoms with Crippen LogP contribution in [-0.4, -0.2) is 28.9 Å². The lowest BCUT2D eigenvalue weighted by Gasteiger charge is -2.17. The Labute approximate surface area is 157 Å². The number of allylic oxidation sites excluding steroid dienone is 1. The Morgan fingerprint density at radius 1 is 1.19 bits per heavy atom. The minimum Gasteiger partial charge on any atom is -0.417 e. The van der Waals surface area contributed by atoms with Crippen molar-refractivity contribution in [2.24, 2.45) is 0 Å². The first-order valence-corrected chi connectivity index (χ1v) is 8.08. The molecule has 0 radical (unpaired) electrons. The first-order valence-electron chi connectivity index (χ1n) is 8.08. The van der Waals surface area contributed by atoms with E-state index >= 15 is 0 Å². The first kappa shape index (κ1) is 19.4. The second-order valence-electron chi connectivity index (χ2n) is 5.31. The molecule has 2 aromatic rings. The quantitative estimate of drug-likeness (QED) is 0.151. The van der Waals surface area contributed by atoms with Gasteiger partial charge in [0, 0.05) is 11.3 Å². The van der Waals surface area contributed by atoms with Crippen LogP contribution in [0.2, 0.25) is 0 Å². The molecule has 134 valence electrons. The zero-order chi connectivity index (χ0) is 19.6. The van der Waals surface area contributed by atoms with Crippen LogP contribution in [-0.2, 0) is 9.59 Å². The number of rotatable bonds is 6. The number of terminal acetylenes is 1. The van der Waals surface area contributed by atoms with Gasteiger partial charge in [-0.3, -0.25) is 9.69 Å². The van der Waals surface area contributed by atoms with Crippen molar-refractivity contribution in [3.63, 3.8) is 0 Å². The highest BCUT2D eigenvalue weighted by Gasteiger charge is 2.36. The Balaban J connectivity index is 2.30. The van der Waals surface area contributed by atoms with Crippen LogP contribution in [0.1, 0.15) is 12.5 Å². The summed E-state index contributed by atoms with van der Waals surface area (Å²) in [6.45, 7) is 1.71. The van der Waals surface area contributed by atoms with Crippen LogP contribution >= 0.6 is 0 Å². The van der Waals surface area contributed by atoms with Gasteiger partial charge in [-0.25, -0.2) is 4.79 Å². The number of benzene rings is 2. The smallest absolute Gasteiger partial charge is 0.417 e. The number of anilines is 1. The fourth-order valence-corrected chi connectivity index (χ4v) is 2.32. The summed E-state index contributed by atoms with van der Waals surface area (Å²) in [6, 6.07) is 15.3. The average Bonchev–Trinajstić information content (AvgIpc) is 2.69. The molecule has 0 atom stereocenters. The number of hydrogen-bond donors (Lipinski definition) is 0. The van der Waals surface area contributed by atoms with E-state index < -0.39 is 17.6 Å². The van der Waals surface area contributed by atoms with Crippen molar-refractivity contribution in [2.75, 3.05) is 11.4 Å². The lowest BCUT2D eigenvalue weighted by Crippen LogP contribution is -2.42. The Kier molecular flexibility index (Phi) is 6.83. The Morgan fingerprint density at radius 2 is 1.85 bits per heavy atom. The van der Waals surface area contributed by atoms with Crippen LogP contribution < -0.4 is 9.64 Å². The first-order chi connectivity index (χ1) is 13.1. The number of carbonyl (C=O) groups excluding carboxylic acids is 2. The van der Waals surface area contributed by atoms with Crippen LogP contribution in [0.3, 0.4) is 0 Å². The molecule has 0 N–H and O–H groups in total. The molecule has 0 bridgehead atoms. The minimum absolute atomic E-state index is 0.107. The van der Waals surface area contributed by atoms with E-state index in [4.69, 9.17) is 11.2 Å². The summed E-state index contributed by atoms with van der Waals surface area (Å²) in [4.78, 5) is 29.2. The van der Waals surface area contributed by atoms with Crippen molar-refractivity contribution >= 4 is 29.4 Å². The third-order valence-electron chi connectivity index (χ3n) is 3.53. The highest BCUT2D eigenvalue weighted by atomic mass is 16.5. The molecule has 0 fully saturated rings. The molecule has 1 amide bonds. The van der Waals surface area contributed by atoms with Gasteiger partial charge in [-0.15, -0.1) is 6.42 Å². The Morgan fingerprint density at radius 3 is 2.48 bits per heavy atom. The van der Waals surface area contributed by atoms with Gasteiger partial charge in [-0.05, 0) is 25.1 Å². The van der Waals surface area contributed by atoms with E-state index in [1.807, 2.05) is 6.92 Å².